The molecule has 1 fully saturated rings. The Hall–Kier alpha value is -4.77. The number of thiophene rings is 1. The molecule has 0 saturated carbocycles. The first-order chi connectivity index (χ1) is 20.9. The highest BCUT2D eigenvalue weighted by molar-refractivity contribution is 7.12. The number of carbonyl (C=O) groups excluding carboxylic acids is 2. The molecule has 11 heteroatoms. The number of hydrogen-bond acceptors (Lipinski definition) is 8. The van der Waals surface area contributed by atoms with E-state index in [0.29, 0.717) is 52.2 Å². The predicted octanol–water partition coefficient (Wildman–Crippen LogP) is 5.06. The molecular formula is C32H32N4O6S. The number of hydrogen-bond donors (Lipinski definition) is 2. The van der Waals surface area contributed by atoms with Gasteiger partial charge in [-0.25, -0.2) is 0 Å². The third-order valence-corrected chi connectivity index (χ3v) is 8.86. The van der Waals surface area contributed by atoms with Gasteiger partial charge in [0.1, 0.15) is 0 Å². The van der Waals surface area contributed by atoms with Crippen LogP contribution in [0.5, 0.6) is 17.2 Å². The quantitative estimate of drug-likeness (QED) is 0.291. The van der Waals surface area contributed by atoms with E-state index >= 15 is 0 Å². The zero-order valence-corrected chi connectivity index (χ0v) is 24.9. The van der Waals surface area contributed by atoms with Gasteiger partial charge < -0.3 is 34.3 Å². The Morgan fingerprint density at radius 1 is 0.860 bits per heavy atom. The van der Waals surface area contributed by atoms with Gasteiger partial charge in [-0.05, 0) is 48.1 Å². The number of anilines is 3. The highest BCUT2D eigenvalue weighted by atomic mass is 32.1. The standard InChI is InChI=1S/C32H32N4O6S/c1-40-26-14-22(15-27(41-2)30(26)42-3)33-31(38)20-9-10-25(23(13-20)34-32(39)28-7-5-11-43-28)35-16-19-12-21(18-35)24-6-4-8-29(37)36(24)17-19/h4-11,13-15,19,21H,12,16-18H2,1-3H3,(H,33,38)(H,34,39)/t19-,21+/m1/s1. The maximum Gasteiger partial charge on any atom is 0.265 e. The van der Waals surface area contributed by atoms with Crippen LogP contribution >= 0.6 is 11.3 Å². The number of nitrogens with zero attached hydrogens (tertiary/aromatic N) is 2. The van der Waals surface area contributed by atoms with Crippen molar-refractivity contribution in [2.45, 2.75) is 18.9 Å². The van der Waals surface area contributed by atoms with Crippen LogP contribution in [0.15, 0.2) is 70.8 Å². The first-order valence-corrected chi connectivity index (χ1v) is 14.8. The average Bonchev–Trinajstić information content (AvgIpc) is 3.56. The molecule has 0 radical (unpaired) electrons. The summed E-state index contributed by atoms with van der Waals surface area (Å²) in [5, 5.41) is 7.81. The summed E-state index contributed by atoms with van der Waals surface area (Å²) in [6, 6.07) is 17.7. The lowest BCUT2D eigenvalue weighted by molar-refractivity contribution is 0.101. The molecule has 2 atom stereocenters. The molecule has 2 aromatic heterocycles. The molecule has 6 rings (SSSR count). The minimum atomic E-state index is -0.365. The fraction of sp³-hybridized carbons (Fsp3) is 0.281. The minimum Gasteiger partial charge on any atom is -0.493 e. The third-order valence-electron chi connectivity index (χ3n) is 7.99. The number of piperidine rings is 1. The van der Waals surface area contributed by atoms with E-state index in [1.807, 2.05) is 34.2 Å². The van der Waals surface area contributed by atoms with Crippen LogP contribution in [-0.2, 0) is 6.54 Å². The van der Waals surface area contributed by atoms with Gasteiger partial charge in [0, 0.05) is 60.7 Å². The van der Waals surface area contributed by atoms with Crippen LogP contribution in [0.3, 0.4) is 0 Å². The van der Waals surface area contributed by atoms with Crippen molar-refractivity contribution in [3.05, 3.63) is 92.5 Å². The van der Waals surface area contributed by atoms with E-state index in [9.17, 15) is 14.4 Å². The van der Waals surface area contributed by atoms with Crippen LogP contribution in [0.2, 0.25) is 0 Å². The second-order valence-electron chi connectivity index (χ2n) is 10.6. The van der Waals surface area contributed by atoms with Gasteiger partial charge in [-0.3, -0.25) is 14.4 Å². The van der Waals surface area contributed by atoms with Crippen molar-refractivity contribution in [2.75, 3.05) is 50.0 Å². The topological polar surface area (TPSA) is 111 Å². The molecule has 2 aliphatic rings. The largest absolute Gasteiger partial charge is 0.493 e. The summed E-state index contributed by atoms with van der Waals surface area (Å²) in [5.41, 5.74) is 3.28. The molecule has 10 nitrogen and oxygen atoms in total. The Kier molecular flexibility index (Phi) is 7.81. The van der Waals surface area contributed by atoms with E-state index in [0.717, 1.165) is 24.3 Å². The van der Waals surface area contributed by atoms with Crippen molar-refractivity contribution in [1.29, 1.82) is 0 Å². The summed E-state index contributed by atoms with van der Waals surface area (Å²) in [6.45, 7) is 2.09. The van der Waals surface area contributed by atoms with E-state index in [2.05, 4.69) is 15.5 Å². The molecule has 0 unspecified atom stereocenters. The number of aromatic nitrogens is 1. The first kappa shape index (κ1) is 28.4. The second kappa shape index (κ2) is 11.8. The van der Waals surface area contributed by atoms with Gasteiger partial charge in [0.15, 0.2) is 11.5 Å². The van der Waals surface area contributed by atoms with Gasteiger partial charge in [0.05, 0.1) is 37.6 Å². The number of fused-ring (bicyclic) bond motifs is 4. The van der Waals surface area contributed by atoms with Gasteiger partial charge in [-0.2, -0.15) is 0 Å². The third kappa shape index (κ3) is 5.55. The molecule has 4 heterocycles. The molecule has 4 aromatic rings. The van der Waals surface area contributed by atoms with Crippen LogP contribution in [0.25, 0.3) is 0 Å². The summed E-state index contributed by atoms with van der Waals surface area (Å²) >= 11 is 1.35. The summed E-state index contributed by atoms with van der Waals surface area (Å²) in [7, 11) is 4.53. The van der Waals surface area contributed by atoms with Crippen molar-refractivity contribution in [3.8, 4) is 17.2 Å². The van der Waals surface area contributed by atoms with Gasteiger partial charge in [-0.1, -0.05) is 12.1 Å². The maximum absolute atomic E-state index is 13.5. The second-order valence-corrected chi connectivity index (χ2v) is 11.6. The Balaban J connectivity index is 1.32. The summed E-state index contributed by atoms with van der Waals surface area (Å²) in [6.07, 6.45) is 1.01. The van der Waals surface area contributed by atoms with Crippen molar-refractivity contribution in [3.63, 3.8) is 0 Å². The van der Waals surface area contributed by atoms with E-state index in [1.165, 1.54) is 32.7 Å². The van der Waals surface area contributed by atoms with Crippen molar-refractivity contribution < 1.29 is 23.8 Å². The molecule has 1 saturated heterocycles. The number of carbonyl (C=O) groups is 2. The number of benzene rings is 2. The van der Waals surface area contributed by atoms with Crippen LogP contribution in [0.1, 0.15) is 38.1 Å². The monoisotopic (exact) mass is 600 g/mol. The highest BCUT2D eigenvalue weighted by Gasteiger charge is 2.35. The number of pyridine rings is 1. The van der Waals surface area contributed by atoms with Gasteiger partial charge in [-0.15, -0.1) is 11.3 Å². The smallest absolute Gasteiger partial charge is 0.265 e. The van der Waals surface area contributed by atoms with Crippen molar-refractivity contribution >= 4 is 40.2 Å². The minimum absolute atomic E-state index is 0.0343. The number of nitrogens with one attached hydrogen (secondary N) is 2. The molecule has 0 aliphatic carbocycles. The summed E-state index contributed by atoms with van der Waals surface area (Å²) in [4.78, 5) is 42.0. The lowest BCUT2D eigenvalue weighted by atomic mass is 9.83. The molecule has 2 amide bonds. The highest BCUT2D eigenvalue weighted by Crippen LogP contribution is 2.41. The van der Waals surface area contributed by atoms with E-state index in [-0.39, 0.29) is 29.2 Å². The van der Waals surface area contributed by atoms with Gasteiger partial charge >= 0.3 is 0 Å². The SMILES string of the molecule is COc1cc(NC(=O)c2ccc(N3C[C@H]4C[C@@H](C3)c3cccc(=O)n3C4)c(NC(=O)c3cccs3)c2)cc(OC)c1OC. The number of rotatable bonds is 8. The molecule has 2 N–H and O–H groups in total. The Labute approximate surface area is 252 Å². The fourth-order valence-electron chi connectivity index (χ4n) is 6.09. The molecule has 43 heavy (non-hydrogen) atoms. The van der Waals surface area contributed by atoms with E-state index < -0.39 is 0 Å². The average molecular weight is 601 g/mol. The predicted molar refractivity (Wildman–Crippen MR) is 167 cm³/mol. The molecule has 2 bridgehead atoms. The summed E-state index contributed by atoms with van der Waals surface area (Å²) < 4.78 is 18.1. The van der Waals surface area contributed by atoms with Gasteiger partial charge in [0.2, 0.25) is 5.75 Å². The fourth-order valence-corrected chi connectivity index (χ4v) is 6.71. The first-order valence-electron chi connectivity index (χ1n) is 13.9. The molecule has 2 aliphatic heterocycles. The Morgan fingerprint density at radius 3 is 2.35 bits per heavy atom. The van der Waals surface area contributed by atoms with Crippen molar-refractivity contribution in [1.82, 2.24) is 4.57 Å². The molecule has 0 spiro atoms. The van der Waals surface area contributed by atoms with Crippen LogP contribution in [0.4, 0.5) is 17.1 Å². The van der Waals surface area contributed by atoms with Crippen molar-refractivity contribution in [2.24, 2.45) is 5.92 Å². The lowest BCUT2D eigenvalue weighted by Gasteiger charge is -2.44. The zero-order valence-electron chi connectivity index (χ0n) is 24.1. The Morgan fingerprint density at radius 2 is 1.65 bits per heavy atom. The lowest BCUT2D eigenvalue weighted by Crippen LogP contribution is -2.47. The number of amides is 2. The Bertz CT molecular complexity index is 1710. The van der Waals surface area contributed by atoms with E-state index in [1.54, 1.807) is 36.4 Å². The van der Waals surface area contributed by atoms with Crippen LogP contribution in [0, 0.1) is 5.92 Å². The van der Waals surface area contributed by atoms with Crippen LogP contribution < -0.4 is 35.3 Å². The maximum atomic E-state index is 13.5. The number of methoxy groups -OCH3 is 3. The molecular weight excluding hydrogens is 568 g/mol. The molecule has 222 valence electrons. The normalized spacial score (nSPS) is 17.0. The zero-order chi connectivity index (χ0) is 30.1. The van der Waals surface area contributed by atoms with Gasteiger partial charge in [0.25, 0.3) is 17.4 Å². The summed E-state index contributed by atoms with van der Waals surface area (Å²) in [5.74, 6) is 1.11. The van der Waals surface area contributed by atoms with E-state index in [4.69, 9.17) is 14.2 Å². The number of ether oxygens (including phenoxy) is 3. The van der Waals surface area contributed by atoms with Crippen LogP contribution in [-0.4, -0.2) is 50.8 Å². The molecule has 2 aromatic carbocycles.